The van der Waals surface area contributed by atoms with Crippen LogP contribution in [-0.4, -0.2) is 10.2 Å². The third-order valence-electron chi connectivity index (χ3n) is 34.2. The van der Waals surface area contributed by atoms with Crippen LogP contribution in [0.5, 0.6) is 11.5 Å². The third-order valence-corrected chi connectivity index (χ3v) is 34.2. The zero-order valence-electron chi connectivity index (χ0n) is 54.0. The summed E-state index contributed by atoms with van der Waals surface area (Å²) in [6.07, 6.45) is 49.4. The lowest BCUT2D eigenvalue weighted by Gasteiger charge is -2.59. The molecule has 0 spiro atoms. The first-order valence-electron chi connectivity index (χ1n) is 38.8. The van der Waals surface area contributed by atoms with Gasteiger partial charge in [-0.15, -0.1) is 0 Å². The average Bonchev–Trinajstić information content (AvgIpc) is 1.53. The Balaban J connectivity index is 0.887. The highest BCUT2D eigenvalue weighted by atomic mass is 16.3. The van der Waals surface area contributed by atoms with Crippen molar-refractivity contribution in [2.75, 3.05) is 11.5 Å². The number of fused-ring (bicyclic) bond motifs is 3. The van der Waals surface area contributed by atoms with Crippen molar-refractivity contribution >= 4 is 11.4 Å². The Morgan fingerprint density at radius 3 is 0.629 bits per heavy atom. The number of rotatable bonds is 8. The number of nitrogen functional groups attached to an aromatic ring is 2. The Labute approximate surface area is 532 Å². The minimum Gasteiger partial charge on any atom is -0.505 e. The lowest BCUT2D eigenvalue weighted by atomic mass is 9.45. The van der Waals surface area contributed by atoms with Crippen molar-refractivity contribution in [3.05, 3.63) is 104 Å². The van der Waals surface area contributed by atoms with Crippen molar-refractivity contribution in [2.45, 2.75) is 269 Å². The molecule has 24 fully saturated rings. The number of nitrogens with two attached hydrogens (primary N) is 2. The van der Waals surface area contributed by atoms with Crippen LogP contribution in [-0.2, 0) is 37.9 Å². The molecule has 6 N–H and O–H groups in total. The first-order valence-corrected chi connectivity index (χ1v) is 38.8. The molecule has 0 aliphatic heterocycles. The van der Waals surface area contributed by atoms with Gasteiger partial charge >= 0.3 is 0 Å². The number of aromatic hydroxyl groups is 2. The fourth-order valence-electron chi connectivity index (χ4n) is 34.0. The number of phenols is 2. The Kier molecular flexibility index (Phi) is 10.1. The molecule has 24 saturated carbocycles. The van der Waals surface area contributed by atoms with Crippen LogP contribution >= 0.6 is 0 Å². The summed E-state index contributed by atoms with van der Waals surface area (Å²) in [5.41, 5.74) is 35.6. The fraction of sp³-hybridized carbons (Fsp3) is 0.718. The smallest absolute Gasteiger partial charge is 0.142 e. The number of anilines is 2. The van der Waals surface area contributed by atoms with Crippen molar-refractivity contribution < 1.29 is 10.2 Å². The number of hydrogen-bond donors (Lipinski definition) is 4. The summed E-state index contributed by atoms with van der Waals surface area (Å²) >= 11 is 0. The van der Waals surface area contributed by atoms with Crippen molar-refractivity contribution in [1.29, 1.82) is 0 Å². The van der Waals surface area contributed by atoms with Gasteiger partial charge in [0.05, 0.1) is 16.8 Å². The highest BCUT2D eigenvalue weighted by Crippen LogP contribution is 2.74. The maximum Gasteiger partial charge on any atom is 0.142 e. The number of benzene rings is 4. The van der Waals surface area contributed by atoms with Gasteiger partial charge in [0.15, 0.2) is 0 Å². The maximum atomic E-state index is 13.3. The van der Waals surface area contributed by atoms with E-state index in [2.05, 4.69) is 48.5 Å². The fourth-order valence-corrected chi connectivity index (χ4v) is 34.0. The summed E-state index contributed by atoms with van der Waals surface area (Å²) in [6, 6.07) is 22.5. The Morgan fingerprint density at radius 1 is 0.225 bits per heavy atom. The molecule has 25 aliphatic rings. The minimum absolute atomic E-state index is 0.0659. The van der Waals surface area contributed by atoms with Crippen LogP contribution in [0.4, 0.5) is 11.4 Å². The van der Waals surface area contributed by atoms with Crippen molar-refractivity contribution in [1.82, 2.24) is 0 Å². The van der Waals surface area contributed by atoms with Crippen LogP contribution in [0.15, 0.2) is 48.5 Å². The number of phenolic OH excluding ortho intramolecular Hbond substituents is 2. The van der Waals surface area contributed by atoms with Crippen molar-refractivity contribution in [3.8, 4) is 22.6 Å². The van der Waals surface area contributed by atoms with Crippen LogP contribution in [0.2, 0.25) is 0 Å². The van der Waals surface area contributed by atoms with Gasteiger partial charge < -0.3 is 21.7 Å². The third kappa shape index (κ3) is 6.92. The van der Waals surface area contributed by atoms with Crippen molar-refractivity contribution in [2.24, 2.45) is 107 Å². The lowest BCUT2D eigenvalue weighted by Crippen LogP contribution is -2.50. The monoisotopic (exact) mass is 1180 g/mol. The van der Waals surface area contributed by atoms with Gasteiger partial charge in [0.25, 0.3) is 0 Å². The van der Waals surface area contributed by atoms with E-state index in [1.165, 1.54) is 253 Å². The molecule has 25 aliphatic carbocycles. The molecule has 0 amide bonds. The molecule has 0 radical (unpaired) electrons. The summed E-state index contributed by atoms with van der Waals surface area (Å²) in [6.45, 7) is 0. The molecule has 4 aromatic carbocycles. The van der Waals surface area contributed by atoms with Crippen LogP contribution in [0.1, 0.15) is 287 Å². The molecule has 0 saturated heterocycles. The minimum atomic E-state index is -0.771. The molecule has 24 bridgehead atoms. The van der Waals surface area contributed by atoms with E-state index in [-0.39, 0.29) is 32.5 Å². The van der Waals surface area contributed by atoms with Gasteiger partial charge in [-0.3, -0.25) is 0 Å². The molecule has 4 nitrogen and oxygen atoms in total. The Morgan fingerprint density at radius 2 is 0.404 bits per heavy atom. The quantitative estimate of drug-likeness (QED) is 0.0920. The van der Waals surface area contributed by atoms with Gasteiger partial charge in [-0.05, 0) is 450 Å². The molecular formula is C85H104N2O2. The van der Waals surface area contributed by atoms with E-state index >= 15 is 0 Å². The second kappa shape index (κ2) is 17.1. The van der Waals surface area contributed by atoms with E-state index in [1.807, 2.05) is 11.1 Å². The summed E-state index contributed by atoms with van der Waals surface area (Å²) in [4.78, 5) is 0. The lowest BCUT2D eigenvalue weighted by molar-refractivity contribution is -0.00894. The second-order valence-corrected chi connectivity index (χ2v) is 39.8. The molecule has 29 rings (SSSR count). The molecule has 0 heterocycles. The highest BCUT2D eigenvalue weighted by Gasteiger charge is 2.64. The first kappa shape index (κ1) is 52.5. The highest BCUT2D eigenvalue weighted by molar-refractivity contribution is 5.93. The van der Waals surface area contributed by atoms with Gasteiger partial charge in [0, 0.05) is 11.1 Å². The molecule has 0 atom stereocenters. The van der Waals surface area contributed by atoms with Crippen LogP contribution < -0.4 is 11.5 Å². The van der Waals surface area contributed by atoms with Gasteiger partial charge in [-0.1, -0.05) is 24.3 Å². The first-order chi connectivity index (χ1) is 43.1. The van der Waals surface area contributed by atoms with E-state index in [4.69, 9.17) is 11.5 Å². The molecule has 0 aromatic heterocycles. The maximum absolute atomic E-state index is 13.3. The predicted octanol–water partition coefficient (Wildman–Crippen LogP) is 19.4. The molecular weight excluding hydrogens is 1080 g/mol. The SMILES string of the molecule is Nc1cc(C2(c3cc(N)c(O)c(C45CC6CC(CC(C6)C4)C5)c3)c3cc(C45CC6CC(CC(C6)C4)C5)cc(C45CC6CC(CC(C6)C4)C5)c3-c3c(C45CC6CC(CC(C6)C4)C5)cc(C45CC6CC(CC(C6)C4)C5)cc32)cc(C23CC4CC(CC(C4)C2)C3)c1O. The molecule has 466 valence electrons. The van der Waals surface area contributed by atoms with E-state index in [1.54, 1.807) is 33.4 Å². The average molecular weight is 1190 g/mol. The van der Waals surface area contributed by atoms with Crippen LogP contribution in [0, 0.1) is 107 Å². The standard InChI is InChI=1S/C85H104N2O2/c86-73-25-65(23-71(77(73)88)83-39-57-13-58(40-83)15-59(14-57)41-83)85(66-24-72(78(89)74(87)26-66)84-42-60-16-61(43-84)18-62(17-60)44-84)69-21-63(79-27-45-1-46(28-79)3-47(2-45)29-79)19-67(81-33-51-7-52(34-81)9-53(8-51)35-81)75(69)76-68(82-36-54-10-55(37-82)12-56(11-54)38-82)20-64(22-70(76)85)80-30-48-4-49(31-80)6-50(5-48)32-80/h19-26,45-62,88-89H,1-18,27-44,86-87H2. The van der Waals surface area contributed by atoms with Crippen LogP contribution in [0.3, 0.4) is 0 Å². The summed E-state index contributed by atoms with van der Waals surface area (Å²) in [5, 5.41) is 26.5. The Hall–Kier alpha value is -3.92. The van der Waals surface area contributed by atoms with E-state index < -0.39 is 5.41 Å². The zero-order chi connectivity index (χ0) is 58.2. The topological polar surface area (TPSA) is 92.5 Å². The van der Waals surface area contributed by atoms with Gasteiger partial charge in [0.2, 0.25) is 0 Å². The second-order valence-electron chi connectivity index (χ2n) is 39.8. The van der Waals surface area contributed by atoms with Crippen molar-refractivity contribution in [3.63, 3.8) is 0 Å². The largest absolute Gasteiger partial charge is 0.505 e. The van der Waals surface area contributed by atoms with E-state index in [9.17, 15) is 10.2 Å². The van der Waals surface area contributed by atoms with Gasteiger partial charge in [-0.2, -0.15) is 0 Å². The molecule has 4 heteroatoms. The summed E-state index contributed by atoms with van der Waals surface area (Å²) in [5.74, 6) is 15.4. The van der Waals surface area contributed by atoms with Gasteiger partial charge in [0.1, 0.15) is 11.5 Å². The predicted molar refractivity (Wildman–Crippen MR) is 355 cm³/mol. The van der Waals surface area contributed by atoms with Gasteiger partial charge in [-0.25, -0.2) is 0 Å². The molecule has 89 heavy (non-hydrogen) atoms. The normalized spacial score (nSPS) is 50.7. The van der Waals surface area contributed by atoms with Crippen LogP contribution in [0.25, 0.3) is 11.1 Å². The van der Waals surface area contributed by atoms with E-state index in [0.29, 0.717) is 22.9 Å². The summed E-state index contributed by atoms with van der Waals surface area (Å²) < 4.78 is 0. The summed E-state index contributed by atoms with van der Waals surface area (Å²) in [7, 11) is 0. The Bertz CT molecular complexity index is 3320. The molecule has 0 unspecified atom stereocenters. The molecule has 4 aromatic rings. The van der Waals surface area contributed by atoms with E-state index in [0.717, 1.165) is 107 Å². The zero-order valence-corrected chi connectivity index (χ0v) is 54.0. The number of hydrogen-bond acceptors (Lipinski definition) is 4.